The lowest BCUT2D eigenvalue weighted by Gasteiger charge is -2.04. The molecule has 0 bridgehead atoms. The Morgan fingerprint density at radius 2 is 2.29 bits per heavy atom. The van der Waals surface area contributed by atoms with E-state index in [1.807, 2.05) is 31.2 Å². The van der Waals surface area contributed by atoms with E-state index >= 15 is 0 Å². The van der Waals surface area contributed by atoms with Crippen molar-refractivity contribution in [2.75, 3.05) is 6.61 Å². The first-order valence-electron chi connectivity index (χ1n) is 7.16. The minimum Gasteiger partial charge on any atom is -0.494 e. The molecule has 5 heteroatoms. The minimum absolute atomic E-state index is 0.0348. The number of aromatic carboxylic acids is 1. The van der Waals surface area contributed by atoms with Gasteiger partial charge in [0.05, 0.1) is 12.3 Å². The molecule has 1 aliphatic rings. The Labute approximate surface area is 122 Å². The van der Waals surface area contributed by atoms with Crippen molar-refractivity contribution in [1.29, 1.82) is 0 Å². The predicted molar refractivity (Wildman–Crippen MR) is 76.7 cm³/mol. The van der Waals surface area contributed by atoms with Gasteiger partial charge in [0.1, 0.15) is 5.75 Å². The van der Waals surface area contributed by atoms with Crippen molar-refractivity contribution < 1.29 is 19.1 Å². The molecule has 0 saturated heterocycles. The van der Waals surface area contributed by atoms with Gasteiger partial charge in [-0.15, -0.1) is 0 Å². The van der Waals surface area contributed by atoms with Crippen LogP contribution in [0.5, 0.6) is 5.75 Å². The lowest BCUT2D eigenvalue weighted by Crippen LogP contribution is -1.98. The van der Waals surface area contributed by atoms with Crippen LogP contribution in [0, 0.1) is 0 Å². The van der Waals surface area contributed by atoms with Crippen molar-refractivity contribution in [3.8, 4) is 17.2 Å². The monoisotopic (exact) mass is 287 g/mol. The highest BCUT2D eigenvalue weighted by atomic mass is 16.5. The van der Waals surface area contributed by atoms with Gasteiger partial charge in [-0.3, -0.25) is 0 Å². The van der Waals surface area contributed by atoms with Crippen molar-refractivity contribution in [3.05, 3.63) is 35.7 Å². The molecule has 0 amide bonds. The number of rotatable bonds is 6. The number of benzene rings is 1. The summed E-state index contributed by atoms with van der Waals surface area (Å²) in [4.78, 5) is 15.6. The largest absolute Gasteiger partial charge is 0.494 e. The molecule has 1 fully saturated rings. The molecule has 1 aliphatic carbocycles. The Kier molecular flexibility index (Phi) is 3.64. The van der Waals surface area contributed by atoms with E-state index in [1.165, 1.54) is 0 Å². The normalized spacial score (nSPS) is 14.1. The SMILES string of the molecule is CCCOc1cccc(-c2nc(C3CC3)c(C(=O)O)o2)c1. The molecule has 110 valence electrons. The average Bonchev–Trinajstić information content (AvgIpc) is 3.23. The quantitative estimate of drug-likeness (QED) is 0.876. The third-order valence-electron chi connectivity index (χ3n) is 3.37. The smallest absolute Gasteiger partial charge is 0.373 e. The van der Waals surface area contributed by atoms with Crippen LogP contribution in [0.25, 0.3) is 11.5 Å². The van der Waals surface area contributed by atoms with Crippen LogP contribution in [0.1, 0.15) is 48.4 Å². The van der Waals surface area contributed by atoms with Gasteiger partial charge < -0.3 is 14.3 Å². The van der Waals surface area contributed by atoms with Crippen LogP contribution in [-0.4, -0.2) is 22.7 Å². The van der Waals surface area contributed by atoms with Crippen LogP contribution in [0.3, 0.4) is 0 Å². The maximum absolute atomic E-state index is 11.2. The van der Waals surface area contributed by atoms with Crippen LogP contribution < -0.4 is 4.74 Å². The van der Waals surface area contributed by atoms with Crippen molar-refractivity contribution in [1.82, 2.24) is 4.98 Å². The highest BCUT2D eigenvalue weighted by molar-refractivity contribution is 5.86. The van der Waals surface area contributed by atoms with Gasteiger partial charge in [0.15, 0.2) is 0 Å². The summed E-state index contributed by atoms with van der Waals surface area (Å²) in [6.45, 7) is 2.68. The van der Waals surface area contributed by atoms with Gasteiger partial charge in [0.2, 0.25) is 11.7 Å². The summed E-state index contributed by atoms with van der Waals surface area (Å²) in [5.74, 6) is 0.211. The zero-order valence-corrected chi connectivity index (χ0v) is 11.8. The third-order valence-corrected chi connectivity index (χ3v) is 3.37. The van der Waals surface area contributed by atoms with E-state index in [0.717, 1.165) is 30.6 Å². The number of oxazole rings is 1. The topological polar surface area (TPSA) is 72.6 Å². The molecule has 1 aromatic heterocycles. The standard InChI is InChI=1S/C16H17NO4/c1-2-8-20-12-5-3-4-11(9-12)15-17-13(10-6-7-10)14(21-15)16(18)19/h3-5,9-10H,2,6-8H2,1H3,(H,18,19). The molecule has 21 heavy (non-hydrogen) atoms. The Bertz CT molecular complexity index is 658. The highest BCUT2D eigenvalue weighted by Crippen LogP contribution is 2.42. The molecule has 0 aliphatic heterocycles. The minimum atomic E-state index is -1.06. The van der Waals surface area contributed by atoms with E-state index in [2.05, 4.69) is 4.98 Å². The van der Waals surface area contributed by atoms with Crippen molar-refractivity contribution in [2.24, 2.45) is 0 Å². The van der Waals surface area contributed by atoms with E-state index in [4.69, 9.17) is 9.15 Å². The van der Waals surface area contributed by atoms with E-state index in [1.54, 1.807) is 0 Å². The van der Waals surface area contributed by atoms with Crippen LogP contribution in [-0.2, 0) is 0 Å². The van der Waals surface area contributed by atoms with Crippen molar-refractivity contribution in [3.63, 3.8) is 0 Å². The molecule has 5 nitrogen and oxygen atoms in total. The zero-order chi connectivity index (χ0) is 14.8. The van der Waals surface area contributed by atoms with Gasteiger partial charge in [-0.05, 0) is 37.5 Å². The zero-order valence-electron chi connectivity index (χ0n) is 11.8. The summed E-state index contributed by atoms with van der Waals surface area (Å²) in [7, 11) is 0. The Morgan fingerprint density at radius 3 is 2.95 bits per heavy atom. The highest BCUT2D eigenvalue weighted by Gasteiger charge is 2.33. The summed E-state index contributed by atoms with van der Waals surface area (Å²) in [6, 6.07) is 7.38. The third kappa shape index (κ3) is 2.91. The second-order valence-corrected chi connectivity index (χ2v) is 5.19. The Balaban J connectivity index is 1.92. The van der Waals surface area contributed by atoms with Crippen molar-refractivity contribution in [2.45, 2.75) is 32.1 Å². The maximum Gasteiger partial charge on any atom is 0.373 e. The summed E-state index contributed by atoms with van der Waals surface area (Å²) < 4.78 is 11.0. The average molecular weight is 287 g/mol. The van der Waals surface area contributed by atoms with Gasteiger partial charge in [-0.1, -0.05) is 13.0 Å². The molecule has 0 radical (unpaired) electrons. The molecule has 0 unspecified atom stereocenters. The number of ether oxygens (including phenoxy) is 1. The second-order valence-electron chi connectivity index (χ2n) is 5.19. The molecule has 0 atom stereocenters. The Hall–Kier alpha value is -2.30. The molecule has 1 aromatic carbocycles. The molecule has 1 N–H and O–H groups in total. The molecular weight excluding hydrogens is 270 g/mol. The first-order chi connectivity index (χ1) is 10.2. The van der Waals surface area contributed by atoms with Crippen LogP contribution in [0.4, 0.5) is 0 Å². The van der Waals surface area contributed by atoms with Gasteiger partial charge in [-0.25, -0.2) is 9.78 Å². The first kappa shape index (κ1) is 13.7. The van der Waals surface area contributed by atoms with Crippen molar-refractivity contribution >= 4 is 5.97 Å². The van der Waals surface area contributed by atoms with Gasteiger partial charge in [-0.2, -0.15) is 0 Å². The van der Waals surface area contributed by atoms with Gasteiger partial charge in [0.25, 0.3) is 0 Å². The fourth-order valence-corrected chi connectivity index (χ4v) is 2.18. The maximum atomic E-state index is 11.2. The lowest BCUT2D eigenvalue weighted by atomic mass is 10.2. The number of nitrogens with zero attached hydrogens (tertiary/aromatic N) is 1. The fourth-order valence-electron chi connectivity index (χ4n) is 2.18. The summed E-state index contributed by atoms with van der Waals surface area (Å²) >= 11 is 0. The first-order valence-corrected chi connectivity index (χ1v) is 7.16. The number of hydrogen-bond acceptors (Lipinski definition) is 4. The van der Waals surface area contributed by atoms with Crippen LogP contribution in [0.15, 0.2) is 28.7 Å². The van der Waals surface area contributed by atoms with Gasteiger partial charge in [0, 0.05) is 11.5 Å². The van der Waals surface area contributed by atoms with Gasteiger partial charge >= 0.3 is 5.97 Å². The number of carboxylic acids is 1. The number of aromatic nitrogens is 1. The molecule has 0 spiro atoms. The van der Waals surface area contributed by atoms with E-state index in [0.29, 0.717) is 18.2 Å². The Morgan fingerprint density at radius 1 is 1.48 bits per heavy atom. The van der Waals surface area contributed by atoms with Crippen LogP contribution >= 0.6 is 0 Å². The van der Waals surface area contributed by atoms with E-state index in [9.17, 15) is 9.90 Å². The second kappa shape index (κ2) is 5.60. The summed E-state index contributed by atoms with van der Waals surface area (Å²) in [5.41, 5.74) is 1.30. The number of carbonyl (C=O) groups is 1. The molecule has 1 saturated carbocycles. The lowest BCUT2D eigenvalue weighted by molar-refractivity contribution is 0.0661. The van der Waals surface area contributed by atoms with Crippen LogP contribution in [0.2, 0.25) is 0 Å². The summed E-state index contributed by atoms with van der Waals surface area (Å²) in [6.07, 6.45) is 2.88. The number of carboxylic acid groups (broad SMARTS) is 1. The number of hydrogen-bond donors (Lipinski definition) is 1. The fraction of sp³-hybridized carbons (Fsp3) is 0.375. The molecule has 3 rings (SSSR count). The van der Waals surface area contributed by atoms with E-state index < -0.39 is 5.97 Å². The summed E-state index contributed by atoms with van der Waals surface area (Å²) in [5, 5.41) is 9.21. The molecular formula is C16H17NO4. The molecule has 2 aromatic rings. The van der Waals surface area contributed by atoms with E-state index in [-0.39, 0.29) is 11.7 Å². The molecule has 1 heterocycles. The predicted octanol–water partition coefficient (Wildman–Crippen LogP) is 3.71.